The second kappa shape index (κ2) is 7.10. The standard InChI is InChI=1S/C23H26N2/c1-16-13-17(2)23(18(3)14-16)24-15-19-9-6-7-10-20(19)21-11-8-12-22(21)25(4)5/h6-10,12-15H,11H2,1-5H3/b24-15+. The Morgan fingerprint density at radius 2 is 1.68 bits per heavy atom. The van der Waals surface area contributed by atoms with Crippen LogP contribution in [0.25, 0.3) is 5.57 Å². The Balaban J connectivity index is 2.02. The van der Waals surface area contributed by atoms with Crippen LogP contribution in [0.5, 0.6) is 0 Å². The summed E-state index contributed by atoms with van der Waals surface area (Å²) < 4.78 is 0. The Kier molecular flexibility index (Phi) is 4.89. The molecule has 2 heteroatoms. The van der Waals surface area contributed by atoms with Crippen molar-refractivity contribution in [2.24, 2.45) is 4.99 Å². The maximum Gasteiger partial charge on any atom is 0.0688 e. The summed E-state index contributed by atoms with van der Waals surface area (Å²) in [5.41, 5.74) is 9.89. The summed E-state index contributed by atoms with van der Waals surface area (Å²) in [5, 5.41) is 0. The van der Waals surface area contributed by atoms with Crippen LogP contribution in [-0.2, 0) is 0 Å². The van der Waals surface area contributed by atoms with E-state index in [1.807, 2.05) is 6.21 Å². The normalized spacial score (nSPS) is 14.0. The first-order valence-corrected chi connectivity index (χ1v) is 8.75. The van der Waals surface area contributed by atoms with Gasteiger partial charge in [0, 0.05) is 31.6 Å². The molecule has 0 spiro atoms. The van der Waals surface area contributed by atoms with Crippen LogP contribution < -0.4 is 0 Å². The van der Waals surface area contributed by atoms with Crippen LogP contribution in [0.15, 0.2) is 59.2 Å². The molecular weight excluding hydrogens is 304 g/mol. The van der Waals surface area contributed by atoms with E-state index in [1.54, 1.807) is 0 Å². The molecule has 25 heavy (non-hydrogen) atoms. The van der Waals surface area contributed by atoms with Crippen LogP contribution in [0.3, 0.4) is 0 Å². The summed E-state index contributed by atoms with van der Waals surface area (Å²) in [6.07, 6.45) is 7.42. The third-order valence-corrected chi connectivity index (χ3v) is 4.64. The highest BCUT2D eigenvalue weighted by Gasteiger charge is 2.15. The molecule has 128 valence electrons. The van der Waals surface area contributed by atoms with Gasteiger partial charge < -0.3 is 4.90 Å². The average molecular weight is 330 g/mol. The number of rotatable bonds is 4. The van der Waals surface area contributed by atoms with Gasteiger partial charge in [-0.1, -0.05) is 48.0 Å². The molecule has 3 rings (SSSR count). The first kappa shape index (κ1) is 17.2. The lowest BCUT2D eigenvalue weighted by Gasteiger charge is -2.17. The SMILES string of the molecule is Cc1cc(C)c(/N=C/c2ccccc2C2=C(N(C)C)C=CC2)c(C)c1. The first-order valence-electron chi connectivity index (χ1n) is 8.75. The van der Waals surface area contributed by atoms with Crippen molar-refractivity contribution in [2.75, 3.05) is 14.1 Å². The Labute approximate surface area is 151 Å². The second-order valence-electron chi connectivity index (χ2n) is 6.96. The molecule has 0 heterocycles. The summed E-state index contributed by atoms with van der Waals surface area (Å²) in [6, 6.07) is 12.9. The lowest BCUT2D eigenvalue weighted by Crippen LogP contribution is -2.10. The molecule has 0 N–H and O–H groups in total. The summed E-state index contributed by atoms with van der Waals surface area (Å²) in [7, 11) is 4.20. The summed E-state index contributed by atoms with van der Waals surface area (Å²) in [6.45, 7) is 6.39. The molecule has 0 aromatic heterocycles. The van der Waals surface area contributed by atoms with Gasteiger partial charge in [0.25, 0.3) is 0 Å². The number of hydrogen-bond donors (Lipinski definition) is 0. The molecule has 0 fully saturated rings. The number of aliphatic imine (C=N–C) groups is 1. The van der Waals surface area contributed by atoms with Gasteiger partial charge in [0.1, 0.15) is 0 Å². The molecular formula is C23H26N2. The molecule has 1 aliphatic carbocycles. The van der Waals surface area contributed by atoms with E-state index in [0.29, 0.717) is 0 Å². The molecule has 0 unspecified atom stereocenters. The molecule has 2 nitrogen and oxygen atoms in total. The van der Waals surface area contributed by atoms with E-state index in [2.05, 4.69) is 88.3 Å². The summed E-state index contributed by atoms with van der Waals surface area (Å²) in [4.78, 5) is 7.02. The molecule has 2 aromatic carbocycles. The fraction of sp³-hybridized carbons (Fsp3) is 0.261. The van der Waals surface area contributed by atoms with Gasteiger partial charge in [-0.05, 0) is 55.5 Å². The number of nitrogens with zero attached hydrogens (tertiary/aromatic N) is 2. The van der Waals surface area contributed by atoms with Gasteiger partial charge in [0.05, 0.1) is 5.69 Å². The molecule has 0 saturated carbocycles. The predicted molar refractivity (Wildman–Crippen MR) is 109 cm³/mol. The van der Waals surface area contributed by atoms with Crippen molar-refractivity contribution in [1.29, 1.82) is 0 Å². The molecule has 0 radical (unpaired) electrons. The number of benzene rings is 2. The van der Waals surface area contributed by atoms with Crippen molar-refractivity contribution < 1.29 is 0 Å². The van der Waals surface area contributed by atoms with E-state index < -0.39 is 0 Å². The van der Waals surface area contributed by atoms with Gasteiger partial charge in [-0.3, -0.25) is 4.99 Å². The molecule has 2 aromatic rings. The van der Waals surface area contributed by atoms with E-state index in [4.69, 9.17) is 4.99 Å². The zero-order chi connectivity index (χ0) is 18.0. The van der Waals surface area contributed by atoms with Gasteiger partial charge >= 0.3 is 0 Å². The molecule has 1 aliphatic rings. The van der Waals surface area contributed by atoms with Crippen molar-refractivity contribution in [3.63, 3.8) is 0 Å². The van der Waals surface area contributed by atoms with Crippen LogP contribution in [0.2, 0.25) is 0 Å². The van der Waals surface area contributed by atoms with Crippen molar-refractivity contribution >= 4 is 17.5 Å². The fourth-order valence-corrected chi connectivity index (χ4v) is 3.56. The summed E-state index contributed by atoms with van der Waals surface area (Å²) >= 11 is 0. The van der Waals surface area contributed by atoms with Gasteiger partial charge in [0.15, 0.2) is 0 Å². The van der Waals surface area contributed by atoms with Crippen LogP contribution in [0.1, 0.15) is 34.2 Å². The first-order chi connectivity index (χ1) is 12.0. The number of allylic oxidation sites excluding steroid dienone is 3. The van der Waals surface area contributed by atoms with Gasteiger partial charge in [-0.25, -0.2) is 0 Å². The molecule has 0 amide bonds. The largest absolute Gasteiger partial charge is 0.377 e. The van der Waals surface area contributed by atoms with Crippen molar-refractivity contribution in [3.8, 4) is 0 Å². The van der Waals surface area contributed by atoms with E-state index in [0.717, 1.165) is 12.1 Å². The smallest absolute Gasteiger partial charge is 0.0688 e. The van der Waals surface area contributed by atoms with Crippen molar-refractivity contribution in [3.05, 3.63) is 82.1 Å². The minimum absolute atomic E-state index is 0.973. The van der Waals surface area contributed by atoms with Crippen molar-refractivity contribution in [1.82, 2.24) is 4.90 Å². The number of hydrogen-bond acceptors (Lipinski definition) is 2. The number of likely N-dealkylation sites (N-methyl/N-ethyl adjacent to an activating group) is 1. The maximum absolute atomic E-state index is 4.84. The molecule has 0 aliphatic heterocycles. The van der Waals surface area contributed by atoms with Crippen LogP contribution in [0, 0.1) is 20.8 Å². The van der Waals surface area contributed by atoms with Crippen LogP contribution >= 0.6 is 0 Å². The van der Waals surface area contributed by atoms with Gasteiger partial charge in [0.2, 0.25) is 0 Å². The quantitative estimate of drug-likeness (QED) is 0.667. The van der Waals surface area contributed by atoms with Gasteiger partial charge in [-0.2, -0.15) is 0 Å². The zero-order valence-corrected chi connectivity index (χ0v) is 15.8. The Bertz CT molecular complexity index is 860. The highest BCUT2D eigenvalue weighted by molar-refractivity contribution is 5.91. The molecule has 0 atom stereocenters. The Morgan fingerprint density at radius 1 is 1.00 bits per heavy atom. The minimum atomic E-state index is 0.973. The van der Waals surface area contributed by atoms with Crippen LogP contribution in [-0.4, -0.2) is 25.2 Å². The molecule has 0 bridgehead atoms. The topological polar surface area (TPSA) is 15.6 Å². The zero-order valence-electron chi connectivity index (χ0n) is 15.8. The third kappa shape index (κ3) is 3.58. The Hall–Kier alpha value is -2.61. The van der Waals surface area contributed by atoms with E-state index in [-0.39, 0.29) is 0 Å². The van der Waals surface area contributed by atoms with E-state index in [9.17, 15) is 0 Å². The third-order valence-electron chi connectivity index (χ3n) is 4.64. The average Bonchev–Trinajstić information content (AvgIpc) is 3.04. The number of aryl methyl sites for hydroxylation is 3. The lowest BCUT2D eigenvalue weighted by atomic mass is 9.98. The Morgan fingerprint density at radius 3 is 2.36 bits per heavy atom. The maximum atomic E-state index is 4.84. The monoisotopic (exact) mass is 330 g/mol. The van der Waals surface area contributed by atoms with E-state index >= 15 is 0 Å². The van der Waals surface area contributed by atoms with E-state index in [1.165, 1.54) is 39.1 Å². The fourth-order valence-electron chi connectivity index (χ4n) is 3.56. The van der Waals surface area contributed by atoms with Crippen LogP contribution in [0.4, 0.5) is 5.69 Å². The van der Waals surface area contributed by atoms with Crippen molar-refractivity contribution in [2.45, 2.75) is 27.2 Å². The lowest BCUT2D eigenvalue weighted by molar-refractivity contribution is 0.533. The highest BCUT2D eigenvalue weighted by Crippen LogP contribution is 2.32. The molecule has 0 saturated heterocycles. The predicted octanol–water partition coefficient (Wildman–Crippen LogP) is 5.60. The highest BCUT2D eigenvalue weighted by atomic mass is 15.1. The minimum Gasteiger partial charge on any atom is -0.377 e. The second-order valence-corrected chi connectivity index (χ2v) is 6.96. The van der Waals surface area contributed by atoms with Gasteiger partial charge in [-0.15, -0.1) is 0 Å². The summed E-state index contributed by atoms with van der Waals surface area (Å²) in [5.74, 6) is 0.